The summed E-state index contributed by atoms with van der Waals surface area (Å²) in [4.78, 5) is 38.8. The lowest BCUT2D eigenvalue weighted by Crippen LogP contribution is -2.49. The van der Waals surface area contributed by atoms with Gasteiger partial charge in [0.05, 0.1) is 19.8 Å². The molecular weight excluding hydrogens is 492 g/mol. The summed E-state index contributed by atoms with van der Waals surface area (Å²) in [5, 5.41) is 3.61. The largest absolute Gasteiger partial charge is 0.490 e. The topological polar surface area (TPSA) is 113 Å². The molecule has 0 bridgehead atoms. The van der Waals surface area contributed by atoms with Crippen molar-refractivity contribution < 1.29 is 38.1 Å². The monoisotopic (exact) mass is 532 g/mol. The highest BCUT2D eigenvalue weighted by atomic mass is 16.6. The summed E-state index contributed by atoms with van der Waals surface area (Å²) in [6.07, 6.45) is 4.76. The highest BCUT2D eigenvalue weighted by Crippen LogP contribution is 2.34. The molecule has 1 aromatic carbocycles. The summed E-state index contributed by atoms with van der Waals surface area (Å²) in [5.74, 6) is -0.311. The van der Waals surface area contributed by atoms with Crippen molar-refractivity contribution in [1.82, 2.24) is 10.2 Å². The normalized spacial score (nSPS) is 19.7. The Kier molecular flexibility index (Phi) is 10.0. The summed E-state index contributed by atoms with van der Waals surface area (Å²) in [7, 11) is 2.47. The second-order valence-corrected chi connectivity index (χ2v) is 10.7. The number of likely N-dealkylation sites (tertiary alicyclic amines) is 1. The summed E-state index contributed by atoms with van der Waals surface area (Å²) in [5.41, 5.74) is -0.481. The molecule has 1 aromatic rings. The maximum atomic E-state index is 12.4. The predicted octanol–water partition coefficient (Wildman–Crippen LogP) is 3.97. The molecule has 1 saturated carbocycles. The average Bonchev–Trinajstić information content (AvgIpc) is 2.86. The first-order chi connectivity index (χ1) is 18.0. The van der Waals surface area contributed by atoms with E-state index in [2.05, 4.69) is 11.9 Å². The van der Waals surface area contributed by atoms with Crippen LogP contribution in [-0.2, 0) is 14.2 Å². The van der Waals surface area contributed by atoms with Gasteiger partial charge in [-0.15, -0.1) is 0 Å². The van der Waals surface area contributed by atoms with Crippen molar-refractivity contribution in [2.24, 2.45) is 5.92 Å². The Morgan fingerprint density at radius 2 is 1.74 bits per heavy atom. The van der Waals surface area contributed by atoms with E-state index in [1.807, 2.05) is 20.8 Å². The molecule has 1 amide bonds. The summed E-state index contributed by atoms with van der Waals surface area (Å²) in [6, 6.07) is 3.40. The van der Waals surface area contributed by atoms with Crippen LogP contribution in [0.3, 0.4) is 0 Å². The summed E-state index contributed by atoms with van der Waals surface area (Å²) < 4.78 is 26.9. The molecule has 2 fully saturated rings. The molecule has 0 spiro atoms. The molecule has 1 aliphatic heterocycles. The Balaban J connectivity index is 1.51. The molecule has 10 heteroatoms. The van der Waals surface area contributed by atoms with Gasteiger partial charge in [-0.1, -0.05) is 12.7 Å². The molecule has 1 saturated heterocycles. The van der Waals surface area contributed by atoms with E-state index in [0.717, 1.165) is 32.2 Å². The zero-order valence-corrected chi connectivity index (χ0v) is 23.0. The Bertz CT molecular complexity index is 1000. The maximum Gasteiger partial charge on any atom is 0.410 e. The number of piperidine rings is 1. The standard InChI is InChI=1S/C28H40N2O8/c1-7-12-36-23-16-21(15-22(25(31)34-5)24(23)26(32)35-6)37-20-13-19(14-20)29-17-18-8-10-30(11-9-18)27(33)38-28(2,3)4/h7,15-16,18-20,29H,1,8-14,17H2,2-6H3. The summed E-state index contributed by atoms with van der Waals surface area (Å²) in [6.45, 7) is 11.7. The smallest absolute Gasteiger partial charge is 0.410 e. The lowest BCUT2D eigenvalue weighted by molar-refractivity contribution is 0.0177. The number of carbonyl (C=O) groups is 3. The van der Waals surface area contributed by atoms with Crippen LogP contribution >= 0.6 is 0 Å². The molecule has 2 aliphatic rings. The fourth-order valence-corrected chi connectivity index (χ4v) is 4.50. The molecule has 3 rings (SSSR count). The number of benzene rings is 1. The van der Waals surface area contributed by atoms with Crippen molar-refractivity contribution >= 4 is 18.0 Å². The minimum atomic E-state index is -0.708. The fraction of sp³-hybridized carbons (Fsp3) is 0.607. The lowest BCUT2D eigenvalue weighted by Gasteiger charge is -2.38. The zero-order chi connectivity index (χ0) is 27.9. The Morgan fingerprint density at radius 1 is 1.08 bits per heavy atom. The van der Waals surface area contributed by atoms with Crippen molar-refractivity contribution in [2.45, 2.75) is 64.2 Å². The van der Waals surface area contributed by atoms with Crippen LogP contribution < -0.4 is 14.8 Å². The number of amides is 1. The van der Waals surface area contributed by atoms with Crippen molar-refractivity contribution in [3.05, 3.63) is 35.9 Å². The van der Waals surface area contributed by atoms with E-state index < -0.39 is 17.5 Å². The minimum absolute atomic E-state index is 0.0144. The third kappa shape index (κ3) is 7.86. The van der Waals surface area contributed by atoms with Crippen LogP contribution in [0, 0.1) is 5.92 Å². The van der Waals surface area contributed by atoms with Gasteiger partial charge in [-0.2, -0.15) is 0 Å². The van der Waals surface area contributed by atoms with E-state index >= 15 is 0 Å². The number of nitrogens with one attached hydrogen (secondary N) is 1. The maximum absolute atomic E-state index is 12.4. The van der Waals surface area contributed by atoms with Crippen LogP contribution in [0.25, 0.3) is 0 Å². The minimum Gasteiger partial charge on any atom is -0.490 e. The van der Waals surface area contributed by atoms with Gasteiger partial charge in [0.25, 0.3) is 0 Å². The van der Waals surface area contributed by atoms with Crippen LogP contribution in [0.1, 0.15) is 67.2 Å². The lowest BCUT2D eigenvalue weighted by atomic mass is 9.88. The van der Waals surface area contributed by atoms with E-state index in [0.29, 0.717) is 30.8 Å². The third-order valence-corrected chi connectivity index (χ3v) is 6.59. The SMILES string of the molecule is C=CCOc1cc(OC2CC(NCC3CCN(C(=O)OC(C)(C)C)CC3)C2)cc(C(=O)OC)c1C(=O)OC. The highest BCUT2D eigenvalue weighted by molar-refractivity contribution is 6.05. The first-order valence-corrected chi connectivity index (χ1v) is 13.0. The average molecular weight is 533 g/mol. The molecule has 38 heavy (non-hydrogen) atoms. The van der Waals surface area contributed by atoms with Gasteiger partial charge in [-0.25, -0.2) is 14.4 Å². The predicted molar refractivity (Wildman–Crippen MR) is 141 cm³/mol. The van der Waals surface area contributed by atoms with Crippen molar-refractivity contribution in [3.63, 3.8) is 0 Å². The van der Waals surface area contributed by atoms with E-state index in [-0.39, 0.29) is 35.7 Å². The van der Waals surface area contributed by atoms with Gasteiger partial charge in [-0.3, -0.25) is 0 Å². The zero-order valence-electron chi connectivity index (χ0n) is 23.0. The molecule has 10 nitrogen and oxygen atoms in total. The molecule has 0 aromatic heterocycles. The van der Waals surface area contributed by atoms with Crippen molar-refractivity contribution in [1.29, 1.82) is 0 Å². The number of ether oxygens (including phenoxy) is 5. The van der Waals surface area contributed by atoms with Crippen LogP contribution in [0.4, 0.5) is 4.79 Å². The van der Waals surface area contributed by atoms with Crippen molar-refractivity contribution in [2.75, 3.05) is 40.5 Å². The van der Waals surface area contributed by atoms with E-state index in [1.54, 1.807) is 11.0 Å². The first-order valence-electron chi connectivity index (χ1n) is 13.0. The molecule has 210 valence electrons. The Labute approximate surface area is 224 Å². The van der Waals surface area contributed by atoms with Gasteiger partial charge in [0, 0.05) is 25.2 Å². The van der Waals surface area contributed by atoms with Crippen molar-refractivity contribution in [3.8, 4) is 11.5 Å². The third-order valence-electron chi connectivity index (χ3n) is 6.59. The number of rotatable bonds is 10. The van der Waals surface area contributed by atoms with Crippen LogP contribution in [0.15, 0.2) is 24.8 Å². The van der Waals surface area contributed by atoms with Gasteiger partial charge < -0.3 is 33.9 Å². The van der Waals surface area contributed by atoms with E-state index in [4.69, 9.17) is 23.7 Å². The number of hydrogen-bond donors (Lipinski definition) is 1. The number of methoxy groups -OCH3 is 2. The van der Waals surface area contributed by atoms with Gasteiger partial charge >= 0.3 is 18.0 Å². The molecular formula is C28H40N2O8. The number of hydrogen-bond acceptors (Lipinski definition) is 9. The van der Waals surface area contributed by atoms with Gasteiger partial charge in [-0.05, 0) is 65.0 Å². The number of carbonyl (C=O) groups excluding carboxylic acids is 3. The number of nitrogens with zero attached hydrogens (tertiary/aromatic N) is 1. The molecule has 1 N–H and O–H groups in total. The molecule has 0 radical (unpaired) electrons. The Hall–Kier alpha value is -3.27. The highest BCUT2D eigenvalue weighted by Gasteiger charge is 2.33. The molecule has 0 unspecified atom stereocenters. The summed E-state index contributed by atoms with van der Waals surface area (Å²) >= 11 is 0. The first kappa shape index (κ1) is 29.3. The second kappa shape index (κ2) is 13.0. The van der Waals surface area contributed by atoms with Gasteiger partial charge in [0.1, 0.15) is 35.4 Å². The number of esters is 2. The van der Waals surface area contributed by atoms with Gasteiger partial charge in [0.15, 0.2) is 0 Å². The second-order valence-electron chi connectivity index (χ2n) is 10.7. The van der Waals surface area contributed by atoms with Gasteiger partial charge in [0.2, 0.25) is 0 Å². The fourth-order valence-electron chi connectivity index (χ4n) is 4.50. The molecule has 0 atom stereocenters. The molecule has 1 aliphatic carbocycles. The van der Waals surface area contributed by atoms with Crippen LogP contribution in [0.5, 0.6) is 11.5 Å². The van der Waals surface area contributed by atoms with Crippen LogP contribution in [0.2, 0.25) is 0 Å². The quantitative estimate of drug-likeness (QED) is 0.272. The van der Waals surface area contributed by atoms with E-state index in [9.17, 15) is 14.4 Å². The van der Waals surface area contributed by atoms with Crippen LogP contribution in [-0.4, -0.2) is 81.1 Å². The Morgan fingerprint density at radius 3 is 2.32 bits per heavy atom. The van der Waals surface area contributed by atoms with E-state index in [1.165, 1.54) is 26.4 Å². The molecule has 1 heterocycles.